The van der Waals surface area contributed by atoms with Crippen LogP contribution in [0.2, 0.25) is 0 Å². The summed E-state index contributed by atoms with van der Waals surface area (Å²) in [5, 5.41) is 45.3. The van der Waals surface area contributed by atoms with Crippen LogP contribution in [-0.4, -0.2) is 34.1 Å². The zero-order chi connectivity index (χ0) is 24.2. The first kappa shape index (κ1) is 30.5. The van der Waals surface area contributed by atoms with E-state index in [0.29, 0.717) is 0 Å². The third kappa shape index (κ3) is 7.98. The minimum Gasteiger partial charge on any atom is -0.505 e. The van der Waals surface area contributed by atoms with Crippen LogP contribution in [0.25, 0.3) is 0 Å². The number of aromatic carboxylic acids is 1. The fraction of sp³-hybridized carbons (Fsp3) is 0. The molecule has 0 aliphatic carbocycles. The van der Waals surface area contributed by atoms with Crippen molar-refractivity contribution in [1.29, 1.82) is 0 Å². The number of phenols is 1. The number of nitro benzene ring substituents is 1. The van der Waals surface area contributed by atoms with Gasteiger partial charge in [0, 0.05) is 17.0 Å². The molecule has 3 aromatic rings. The number of nitrogens with zero attached hydrogens (tertiary/aromatic N) is 5. The molecule has 0 aliphatic heterocycles. The predicted molar refractivity (Wildman–Crippen MR) is 112 cm³/mol. The zero-order valence-corrected chi connectivity index (χ0v) is 23.0. The molecule has 0 spiro atoms. The molecule has 168 valence electrons. The van der Waals surface area contributed by atoms with Gasteiger partial charge in [0.1, 0.15) is 11.3 Å². The summed E-state index contributed by atoms with van der Waals surface area (Å²) in [7, 11) is -4.62. The standard InChI is InChI=1S/C19H12N5O8S.2Na/c25-18-14(19(26)27)9-12(21-22-15-3-1-2-4-17(15)33(30,31)32)10-16(18)23-20-11-5-7-13(8-6-11)24(28)29;;/h1,3-10,25H,(H,26,27)(H,30,31,32);;/q-1;2*+1. The number of carbonyl (C=O) groups is 1. The smallest absolute Gasteiger partial charge is 0.505 e. The average Bonchev–Trinajstić information content (AvgIpc) is 2.77. The van der Waals surface area contributed by atoms with Crippen molar-refractivity contribution in [2.75, 3.05) is 0 Å². The van der Waals surface area contributed by atoms with Crippen LogP contribution in [-0.2, 0) is 10.1 Å². The van der Waals surface area contributed by atoms with Crippen molar-refractivity contribution in [3.8, 4) is 5.75 Å². The SMILES string of the molecule is O=C(O)c1cc(N=Nc2cc[c-]cc2S(=O)(=O)O)cc(N=Nc2ccc([N+](=O)[O-])cc2)c1O.[Na+].[Na+]. The quantitative estimate of drug-likeness (QED) is 0.0874. The van der Waals surface area contributed by atoms with Gasteiger partial charge in [-0.15, -0.1) is 11.2 Å². The Bertz CT molecular complexity index is 1410. The Hall–Kier alpha value is -2.56. The first-order valence-electron chi connectivity index (χ1n) is 8.72. The third-order valence-corrected chi connectivity index (χ3v) is 4.88. The molecular weight excluding hydrogens is 504 g/mol. The Morgan fingerprint density at radius 3 is 2.11 bits per heavy atom. The summed E-state index contributed by atoms with van der Waals surface area (Å²) in [5.41, 5.74) is -1.25. The molecule has 0 aromatic heterocycles. The van der Waals surface area contributed by atoms with Crippen LogP contribution in [0.1, 0.15) is 10.4 Å². The summed E-state index contributed by atoms with van der Waals surface area (Å²) < 4.78 is 32.2. The minimum atomic E-state index is -4.62. The summed E-state index contributed by atoms with van der Waals surface area (Å²) in [4.78, 5) is 21.0. The van der Waals surface area contributed by atoms with Gasteiger partial charge in [-0.1, -0.05) is 0 Å². The molecule has 35 heavy (non-hydrogen) atoms. The largest absolute Gasteiger partial charge is 1.00 e. The van der Waals surface area contributed by atoms with Crippen molar-refractivity contribution >= 4 is 44.5 Å². The van der Waals surface area contributed by atoms with Gasteiger partial charge in [0.2, 0.25) is 10.1 Å². The van der Waals surface area contributed by atoms with Crippen molar-refractivity contribution in [3.05, 3.63) is 76.3 Å². The fourth-order valence-electron chi connectivity index (χ4n) is 2.46. The van der Waals surface area contributed by atoms with Crippen LogP contribution < -0.4 is 59.1 Å². The number of rotatable bonds is 7. The van der Waals surface area contributed by atoms with Gasteiger partial charge >= 0.3 is 65.1 Å². The van der Waals surface area contributed by atoms with Crippen LogP contribution >= 0.6 is 0 Å². The second kappa shape index (κ2) is 12.9. The fourth-order valence-corrected chi connectivity index (χ4v) is 3.05. The van der Waals surface area contributed by atoms with Gasteiger partial charge in [-0.05, 0) is 30.0 Å². The number of nitro groups is 1. The molecule has 0 unspecified atom stereocenters. The number of benzene rings is 3. The van der Waals surface area contributed by atoms with Crippen molar-refractivity contribution in [2.24, 2.45) is 20.5 Å². The third-order valence-electron chi connectivity index (χ3n) is 3.99. The van der Waals surface area contributed by atoms with Gasteiger partial charge in [0.25, 0.3) is 5.69 Å². The van der Waals surface area contributed by atoms with E-state index in [1.807, 2.05) is 0 Å². The van der Waals surface area contributed by atoms with E-state index in [0.717, 1.165) is 18.2 Å². The molecule has 16 heteroatoms. The second-order valence-electron chi connectivity index (χ2n) is 6.21. The Morgan fingerprint density at radius 1 is 0.943 bits per heavy atom. The molecule has 0 fully saturated rings. The van der Waals surface area contributed by atoms with E-state index in [1.54, 1.807) is 0 Å². The number of carboxylic acids is 1. The monoisotopic (exact) mass is 516 g/mol. The summed E-state index contributed by atoms with van der Waals surface area (Å²) >= 11 is 0. The van der Waals surface area contributed by atoms with Crippen molar-refractivity contribution in [3.63, 3.8) is 0 Å². The molecule has 0 amide bonds. The number of hydrogen-bond acceptors (Lipinski definition) is 10. The van der Waals surface area contributed by atoms with E-state index in [1.165, 1.54) is 36.4 Å². The van der Waals surface area contributed by atoms with E-state index in [2.05, 4.69) is 26.5 Å². The molecule has 3 rings (SSSR count). The normalized spacial score (nSPS) is 11.1. The van der Waals surface area contributed by atoms with Gasteiger partial charge in [0.15, 0.2) is 5.75 Å². The predicted octanol–water partition coefficient (Wildman–Crippen LogP) is -1.12. The van der Waals surface area contributed by atoms with Gasteiger partial charge in [0.05, 0.1) is 16.3 Å². The Balaban J connectivity index is 0.00000306. The number of azo groups is 2. The number of non-ortho nitro benzene ring substituents is 1. The minimum absolute atomic E-state index is 0. The Labute approximate surface area is 242 Å². The van der Waals surface area contributed by atoms with Crippen LogP contribution in [0.4, 0.5) is 28.4 Å². The van der Waals surface area contributed by atoms with Crippen molar-refractivity contribution in [1.82, 2.24) is 0 Å². The van der Waals surface area contributed by atoms with Gasteiger partial charge in [-0.25, -0.2) is 13.2 Å². The molecule has 3 N–H and O–H groups in total. The van der Waals surface area contributed by atoms with Crippen LogP contribution in [0.3, 0.4) is 0 Å². The van der Waals surface area contributed by atoms with E-state index in [9.17, 15) is 38.1 Å². The molecular formula is C19H12N5Na2O8S+. The molecule has 0 saturated carbocycles. The maximum absolute atomic E-state index is 11.5. The van der Waals surface area contributed by atoms with E-state index >= 15 is 0 Å². The van der Waals surface area contributed by atoms with E-state index in [-0.39, 0.29) is 87.6 Å². The van der Waals surface area contributed by atoms with Crippen LogP contribution in [0.5, 0.6) is 5.75 Å². The average molecular weight is 516 g/mol. The first-order chi connectivity index (χ1) is 15.6. The molecule has 0 atom stereocenters. The summed E-state index contributed by atoms with van der Waals surface area (Å²) in [6.45, 7) is 0. The molecule has 0 radical (unpaired) electrons. The molecule has 0 heterocycles. The Morgan fingerprint density at radius 2 is 1.54 bits per heavy atom. The van der Waals surface area contributed by atoms with Gasteiger partial charge in [-0.3, -0.25) is 14.7 Å². The van der Waals surface area contributed by atoms with E-state index < -0.39 is 37.2 Å². The summed E-state index contributed by atoms with van der Waals surface area (Å²) in [6.07, 6.45) is 0. The number of hydrogen-bond donors (Lipinski definition) is 3. The molecule has 13 nitrogen and oxygen atoms in total. The summed E-state index contributed by atoms with van der Waals surface area (Å²) in [6, 6.07) is 13.0. The van der Waals surface area contributed by atoms with Gasteiger partial charge in [-0.2, -0.15) is 33.5 Å². The maximum atomic E-state index is 11.5. The summed E-state index contributed by atoms with van der Waals surface area (Å²) in [5.74, 6) is -2.23. The second-order valence-corrected chi connectivity index (χ2v) is 7.60. The van der Waals surface area contributed by atoms with Crippen LogP contribution in [0, 0.1) is 16.2 Å². The maximum Gasteiger partial charge on any atom is 1.00 e. The molecule has 0 saturated heterocycles. The molecule has 0 bridgehead atoms. The zero-order valence-electron chi connectivity index (χ0n) is 18.2. The molecule has 0 aliphatic rings. The first-order valence-corrected chi connectivity index (χ1v) is 10.2. The molecule has 3 aromatic carbocycles. The van der Waals surface area contributed by atoms with Gasteiger partial charge < -0.3 is 10.2 Å². The van der Waals surface area contributed by atoms with Crippen LogP contribution in [0.15, 0.2) is 79.9 Å². The number of aromatic hydroxyl groups is 1. The Kier molecular flexibility index (Phi) is 11.3. The van der Waals surface area contributed by atoms with Crippen molar-refractivity contribution in [2.45, 2.75) is 4.90 Å². The number of carboxylic acid groups (broad SMARTS) is 1. The van der Waals surface area contributed by atoms with Crippen molar-refractivity contribution < 1.29 is 92.0 Å². The topological polar surface area (TPSA) is 204 Å². The van der Waals surface area contributed by atoms with E-state index in [4.69, 9.17) is 0 Å².